The van der Waals surface area contributed by atoms with Gasteiger partial charge in [-0.3, -0.25) is 0 Å². The van der Waals surface area contributed by atoms with Crippen LogP contribution in [0.2, 0.25) is 0 Å². The molecule has 0 bridgehead atoms. The number of rotatable bonds is 5. The van der Waals surface area contributed by atoms with E-state index in [1.165, 1.54) is 44.3 Å². The van der Waals surface area contributed by atoms with Crippen molar-refractivity contribution in [2.45, 2.75) is 38.1 Å². The van der Waals surface area contributed by atoms with Crippen LogP contribution < -0.4 is 0 Å². The molecular weight excluding hydrogens is 230 g/mol. The van der Waals surface area contributed by atoms with E-state index >= 15 is 0 Å². The summed E-state index contributed by atoms with van der Waals surface area (Å²) in [6.45, 7) is 2.44. The first-order chi connectivity index (χ1) is 8.40. The second kappa shape index (κ2) is 7.03. The minimum absolute atomic E-state index is 0.727. The lowest BCUT2D eigenvalue weighted by atomic mass is 9.99. The van der Waals surface area contributed by atoms with Crippen LogP contribution in [-0.4, -0.2) is 29.9 Å². The van der Waals surface area contributed by atoms with Crippen LogP contribution in [0.4, 0.5) is 0 Å². The molecule has 0 spiro atoms. The van der Waals surface area contributed by atoms with E-state index in [1.54, 1.807) is 0 Å². The van der Waals surface area contributed by atoms with E-state index < -0.39 is 0 Å². The van der Waals surface area contributed by atoms with Gasteiger partial charge in [0.25, 0.3) is 0 Å². The molecule has 0 radical (unpaired) electrons. The molecule has 1 saturated heterocycles. The van der Waals surface area contributed by atoms with Crippen molar-refractivity contribution in [1.82, 2.24) is 4.90 Å². The largest absolute Gasteiger partial charge is 0.300 e. The number of hydrogen-bond acceptors (Lipinski definition) is 1. The molecule has 1 heterocycles. The monoisotopic (exact) mass is 251 g/mol. The molecule has 1 aliphatic heterocycles. The maximum Gasteiger partial charge on any atom is 0.0238 e. The van der Waals surface area contributed by atoms with Crippen LogP contribution in [-0.2, 0) is 6.42 Å². The molecule has 1 aromatic rings. The molecule has 1 unspecified atom stereocenters. The van der Waals surface area contributed by atoms with Crippen molar-refractivity contribution in [3.05, 3.63) is 35.9 Å². The van der Waals surface area contributed by atoms with Crippen molar-refractivity contribution in [3.63, 3.8) is 0 Å². The highest BCUT2D eigenvalue weighted by Crippen LogP contribution is 2.20. The van der Waals surface area contributed by atoms with E-state index in [4.69, 9.17) is 11.6 Å². The van der Waals surface area contributed by atoms with Gasteiger partial charge in [-0.1, -0.05) is 36.8 Å². The van der Waals surface area contributed by atoms with Crippen molar-refractivity contribution in [3.8, 4) is 0 Å². The van der Waals surface area contributed by atoms with Crippen LogP contribution >= 0.6 is 11.6 Å². The molecule has 17 heavy (non-hydrogen) atoms. The van der Waals surface area contributed by atoms with Gasteiger partial charge in [-0.15, -0.1) is 11.6 Å². The smallest absolute Gasteiger partial charge is 0.0238 e. The number of benzene rings is 1. The van der Waals surface area contributed by atoms with Gasteiger partial charge in [-0.25, -0.2) is 0 Å². The number of hydrogen-bond donors (Lipinski definition) is 0. The van der Waals surface area contributed by atoms with Gasteiger partial charge in [0.1, 0.15) is 0 Å². The molecule has 2 rings (SSSR count). The lowest BCUT2D eigenvalue weighted by Gasteiger charge is -2.35. The molecule has 1 atom stereocenters. The number of halogens is 1. The number of alkyl halides is 1. The zero-order valence-electron chi connectivity index (χ0n) is 10.4. The van der Waals surface area contributed by atoms with Gasteiger partial charge in [0, 0.05) is 18.5 Å². The molecule has 1 aromatic carbocycles. The SMILES string of the molecule is ClCCC1CCCCN1CCc1ccccc1. The number of piperidine rings is 1. The number of likely N-dealkylation sites (tertiary alicyclic amines) is 1. The summed E-state index contributed by atoms with van der Waals surface area (Å²) in [5, 5.41) is 0. The normalized spacial score (nSPS) is 21.6. The van der Waals surface area contributed by atoms with Gasteiger partial charge < -0.3 is 4.90 Å². The van der Waals surface area contributed by atoms with Gasteiger partial charge in [-0.2, -0.15) is 0 Å². The molecule has 0 aliphatic carbocycles. The third-order valence-corrected chi connectivity index (χ3v) is 3.94. The summed E-state index contributed by atoms with van der Waals surface area (Å²) in [5.74, 6) is 0.798. The molecule has 1 fully saturated rings. The van der Waals surface area contributed by atoms with E-state index in [9.17, 15) is 0 Å². The predicted octanol–water partition coefficient (Wildman–Crippen LogP) is 3.71. The van der Waals surface area contributed by atoms with Crippen molar-refractivity contribution >= 4 is 11.6 Å². The topological polar surface area (TPSA) is 3.24 Å². The van der Waals surface area contributed by atoms with Crippen LogP contribution in [0.5, 0.6) is 0 Å². The third-order valence-electron chi connectivity index (χ3n) is 3.72. The molecule has 94 valence electrons. The first kappa shape index (κ1) is 12.9. The van der Waals surface area contributed by atoms with E-state index in [0.717, 1.165) is 18.3 Å². The summed E-state index contributed by atoms with van der Waals surface area (Å²) in [5.41, 5.74) is 1.45. The Labute approximate surface area is 110 Å². The van der Waals surface area contributed by atoms with Crippen molar-refractivity contribution in [2.24, 2.45) is 0 Å². The third kappa shape index (κ3) is 4.01. The fourth-order valence-corrected chi connectivity index (χ4v) is 2.98. The first-order valence-corrected chi connectivity index (χ1v) is 7.27. The van der Waals surface area contributed by atoms with Gasteiger partial charge in [-0.05, 0) is 37.8 Å². The van der Waals surface area contributed by atoms with E-state index in [1.807, 2.05) is 0 Å². The molecule has 0 aromatic heterocycles. The van der Waals surface area contributed by atoms with Gasteiger partial charge in [0.15, 0.2) is 0 Å². The van der Waals surface area contributed by atoms with Crippen LogP contribution in [0.1, 0.15) is 31.2 Å². The average molecular weight is 252 g/mol. The maximum atomic E-state index is 5.89. The van der Waals surface area contributed by atoms with Crippen LogP contribution in [0.25, 0.3) is 0 Å². The molecule has 1 aliphatic rings. The minimum Gasteiger partial charge on any atom is -0.300 e. The Balaban J connectivity index is 1.84. The molecule has 0 amide bonds. The highest BCUT2D eigenvalue weighted by atomic mass is 35.5. The standard InChI is InChI=1S/C15H22ClN/c16-11-9-15-8-4-5-12-17(15)13-10-14-6-2-1-3-7-14/h1-3,6-7,15H,4-5,8-13H2. The first-order valence-electron chi connectivity index (χ1n) is 6.74. The fraction of sp³-hybridized carbons (Fsp3) is 0.600. The number of nitrogens with zero attached hydrogens (tertiary/aromatic N) is 1. The van der Waals surface area contributed by atoms with Crippen molar-refractivity contribution in [2.75, 3.05) is 19.0 Å². The van der Waals surface area contributed by atoms with E-state index in [2.05, 4.69) is 35.2 Å². The minimum atomic E-state index is 0.727. The van der Waals surface area contributed by atoms with Gasteiger partial charge in [0.05, 0.1) is 0 Å². The summed E-state index contributed by atoms with van der Waals surface area (Å²) in [6.07, 6.45) is 6.38. The van der Waals surface area contributed by atoms with E-state index in [0.29, 0.717) is 0 Å². The van der Waals surface area contributed by atoms with Crippen LogP contribution in [0.3, 0.4) is 0 Å². The summed E-state index contributed by atoms with van der Waals surface area (Å²) in [6, 6.07) is 11.5. The summed E-state index contributed by atoms with van der Waals surface area (Å²) in [4.78, 5) is 2.64. The summed E-state index contributed by atoms with van der Waals surface area (Å²) >= 11 is 5.89. The Morgan fingerprint density at radius 2 is 2.00 bits per heavy atom. The molecule has 0 N–H and O–H groups in total. The maximum absolute atomic E-state index is 5.89. The fourth-order valence-electron chi connectivity index (χ4n) is 2.72. The second-order valence-corrected chi connectivity index (χ2v) is 5.28. The second-order valence-electron chi connectivity index (χ2n) is 4.90. The Hall–Kier alpha value is -0.530. The Bertz CT molecular complexity index is 310. The Kier molecular flexibility index (Phi) is 5.34. The highest BCUT2D eigenvalue weighted by molar-refractivity contribution is 6.17. The van der Waals surface area contributed by atoms with Crippen LogP contribution in [0, 0.1) is 0 Å². The quantitative estimate of drug-likeness (QED) is 0.721. The molecular formula is C15H22ClN. The van der Waals surface area contributed by atoms with Crippen LogP contribution in [0.15, 0.2) is 30.3 Å². The Morgan fingerprint density at radius 1 is 1.18 bits per heavy atom. The average Bonchev–Trinajstić information content (AvgIpc) is 2.39. The van der Waals surface area contributed by atoms with Gasteiger partial charge in [0.2, 0.25) is 0 Å². The zero-order chi connectivity index (χ0) is 11.9. The predicted molar refractivity (Wildman–Crippen MR) is 74.7 cm³/mol. The Morgan fingerprint density at radius 3 is 2.76 bits per heavy atom. The van der Waals surface area contributed by atoms with Crippen molar-refractivity contribution in [1.29, 1.82) is 0 Å². The van der Waals surface area contributed by atoms with Gasteiger partial charge >= 0.3 is 0 Å². The molecule has 0 saturated carbocycles. The lowest BCUT2D eigenvalue weighted by molar-refractivity contribution is 0.146. The zero-order valence-corrected chi connectivity index (χ0v) is 11.2. The summed E-state index contributed by atoms with van der Waals surface area (Å²) < 4.78 is 0. The summed E-state index contributed by atoms with van der Waals surface area (Å²) in [7, 11) is 0. The van der Waals surface area contributed by atoms with Crippen molar-refractivity contribution < 1.29 is 0 Å². The lowest BCUT2D eigenvalue weighted by Crippen LogP contribution is -2.40. The highest BCUT2D eigenvalue weighted by Gasteiger charge is 2.21. The molecule has 2 heteroatoms. The van der Waals surface area contributed by atoms with E-state index in [-0.39, 0.29) is 0 Å². The molecule has 1 nitrogen and oxygen atoms in total.